The van der Waals surface area contributed by atoms with Gasteiger partial charge in [-0.1, -0.05) is 18.1 Å². The lowest BCUT2D eigenvalue weighted by Gasteiger charge is -2.31. The number of terminal acetylenes is 1. The molecule has 108 valence electrons. The van der Waals surface area contributed by atoms with E-state index >= 15 is 0 Å². The number of anilines is 1. The fourth-order valence-corrected chi connectivity index (χ4v) is 2.76. The van der Waals surface area contributed by atoms with Crippen LogP contribution in [-0.2, 0) is 0 Å². The number of rotatable bonds is 4. The van der Waals surface area contributed by atoms with E-state index in [1.54, 1.807) is 6.20 Å². The number of likely N-dealkylation sites (tertiary alicyclic amines) is 1. The average Bonchev–Trinajstić information content (AvgIpc) is 3.05. The first-order valence-electron chi connectivity index (χ1n) is 7.37. The van der Waals surface area contributed by atoms with Gasteiger partial charge in [0.15, 0.2) is 0 Å². The SMILES string of the molecule is C#CCN1CCC(Nc2ccc(-c3ccn[nH]3)cc2)CC1. The first-order valence-corrected chi connectivity index (χ1v) is 7.37. The van der Waals surface area contributed by atoms with E-state index in [1.807, 2.05) is 6.07 Å². The summed E-state index contributed by atoms with van der Waals surface area (Å²) >= 11 is 0. The van der Waals surface area contributed by atoms with Gasteiger partial charge in [0.1, 0.15) is 0 Å². The summed E-state index contributed by atoms with van der Waals surface area (Å²) in [6.07, 6.45) is 9.41. The van der Waals surface area contributed by atoms with Crippen molar-refractivity contribution in [1.82, 2.24) is 15.1 Å². The van der Waals surface area contributed by atoms with Crippen molar-refractivity contribution in [2.75, 3.05) is 25.0 Å². The van der Waals surface area contributed by atoms with Crippen LogP contribution in [-0.4, -0.2) is 40.8 Å². The minimum atomic E-state index is 0.539. The third kappa shape index (κ3) is 3.45. The van der Waals surface area contributed by atoms with Gasteiger partial charge in [0, 0.05) is 31.0 Å². The molecule has 2 heterocycles. The molecule has 3 rings (SSSR count). The van der Waals surface area contributed by atoms with E-state index in [0.29, 0.717) is 6.04 Å². The second-order valence-electron chi connectivity index (χ2n) is 5.45. The van der Waals surface area contributed by atoms with Gasteiger partial charge in [0.25, 0.3) is 0 Å². The topological polar surface area (TPSA) is 44.0 Å². The van der Waals surface area contributed by atoms with Gasteiger partial charge in [-0.05, 0) is 36.6 Å². The summed E-state index contributed by atoms with van der Waals surface area (Å²) in [5.41, 5.74) is 3.37. The van der Waals surface area contributed by atoms with E-state index < -0.39 is 0 Å². The molecule has 4 heteroatoms. The third-order valence-electron chi connectivity index (χ3n) is 3.97. The second kappa shape index (κ2) is 6.47. The molecule has 4 nitrogen and oxygen atoms in total. The average molecular weight is 280 g/mol. The standard InChI is InChI=1S/C17H20N4/c1-2-11-21-12-8-16(9-13-21)19-15-5-3-14(4-6-15)17-7-10-18-20-17/h1,3-7,10,16,19H,8-9,11-13H2,(H,18,20). The minimum Gasteiger partial charge on any atom is -0.382 e. The molecular formula is C17H20N4. The zero-order chi connectivity index (χ0) is 14.5. The molecular weight excluding hydrogens is 260 g/mol. The number of piperidine rings is 1. The molecule has 0 radical (unpaired) electrons. The summed E-state index contributed by atoms with van der Waals surface area (Å²) in [7, 11) is 0. The van der Waals surface area contributed by atoms with Crippen LogP contribution in [0.1, 0.15) is 12.8 Å². The highest BCUT2D eigenvalue weighted by atomic mass is 15.1. The van der Waals surface area contributed by atoms with Crippen LogP contribution in [0.15, 0.2) is 36.5 Å². The number of nitrogens with zero attached hydrogens (tertiary/aromatic N) is 2. The lowest BCUT2D eigenvalue weighted by Crippen LogP contribution is -2.39. The number of H-pyrrole nitrogens is 1. The molecule has 1 aromatic carbocycles. The molecule has 21 heavy (non-hydrogen) atoms. The maximum atomic E-state index is 5.36. The van der Waals surface area contributed by atoms with Gasteiger partial charge < -0.3 is 5.32 Å². The van der Waals surface area contributed by atoms with Crippen LogP contribution in [0.25, 0.3) is 11.3 Å². The van der Waals surface area contributed by atoms with Crippen molar-refractivity contribution < 1.29 is 0 Å². The highest BCUT2D eigenvalue weighted by Gasteiger charge is 2.18. The number of aromatic amines is 1. The molecule has 0 saturated carbocycles. The molecule has 1 saturated heterocycles. The van der Waals surface area contributed by atoms with Crippen LogP contribution >= 0.6 is 0 Å². The first-order chi connectivity index (χ1) is 10.3. The number of nitrogens with one attached hydrogen (secondary N) is 2. The zero-order valence-corrected chi connectivity index (χ0v) is 12.0. The summed E-state index contributed by atoms with van der Waals surface area (Å²) in [5.74, 6) is 2.72. The van der Waals surface area contributed by atoms with Crippen LogP contribution in [0, 0.1) is 12.3 Å². The number of aromatic nitrogens is 2. The predicted molar refractivity (Wildman–Crippen MR) is 85.9 cm³/mol. The Bertz CT molecular complexity index is 587. The Hall–Kier alpha value is -2.25. The van der Waals surface area contributed by atoms with Gasteiger partial charge in [0.2, 0.25) is 0 Å². The van der Waals surface area contributed by atoms with Crippen LogP contribution in [0.4, 0.5) is 5.69 Å². The highest BCUT2D eigenvalue weighted by molar-refractivity contribution is 5.62. The Labute approximate surface area is 125 Å². The van der Waals surface area contributed by atoms with Crippen LogP contribution in [0.5, 0.6) is 0 Å². The highest BCUT2D eigenvalue weighted by Crippen LogP contribution is 2.21. The Morgan fingerprint density at radius 3 is 2.62 bits per heavy atom. The number of benzene rings is 1. The summed E-state index contributed by atoms with van der Waals surface area (Å²) in [6, 6.07) is 11.0. The van der Waals surface area contributed by atoms with E-state index in [2.05, 4.69) is 50.6 Å². The van der Waals surface area contributed by atoms with Crippen molar-refractivity contribution in [3.8, 4) is 23.6 Å². The Morgan fingerprint density at radius 2 is 2.00 bits per heavy atom. The van der Waals surface area contributed by atoms with Crippen molar-refractivity contribution >= 4 is 5.69 Å². The molecule has 0 amide bonds. The second-order valence-corrected chi connectivity index (χ2v) is 5.45. The maximum absolute atomic E-state index is 5.36. The zero-order valence-electron chi connectivity index (χ0n) is 12.0. The predicted octanol–water partition coefficient (Wildman–Crippen LogP) is 2.59. The van der Waals surface area contributed by atoms with Crippen molar-refractivity contribution in [1.29, 1.82) is 0 Å². The molecule has 1 aliphatic rings. The van der Waals surface area contributed by atoms with Gasteiger partial charge in [-0.25, -0.2) is 0 Å². The summed E-state index contributed by atoms with van der Waals surface area (Å²) in [6.45, 7) is 2.92. The van der Waals surface area contributed by atoms with E-state index in [0.717, 1.165) is 43.7 Å². The minimum absolute atomic E-state index is 0.539. The fraction of sp³-hybridized carbons (Fsp3) is 0.353. The van der Waals surface area contributed by atoms with Crippen LogP contribution in [0.3, 0.4) is 0 Å². The van der Waals surface area contributed by atoms with Crippen LogP contribution < -0.4 is 5.32 Å². The molecule has 2 N–H and O–H groups in total. The number of hydrogen-bond donors (Lipinski definition) is 2. The van der Waals surface area contributed by atoms with E-state index in [4.69, 9.17) is 6.42 Å². The van der Waals surface area contributed by atoms with E-state index in [9.17, 15) is 0 Å². The Balaban J connectivity index is 1.56. The van der Waals surface area contributed by atoms with E-state index in [-0.39, 0.29) is 0 Å². The van der Waals surface area contributed by atoms with Crippen LogP contribution in [0.2, 0.25) is 0 Å². The molecule has 0 aliphatic carbocycles. The first kappa shape index (κ1) is 13.7. The summed E-state index contributed by atoms with van der Waals surface area (Å²) in [4.78, 5) is 2.33. The van der Waals surface area contributed by atoms with Gasteiger partial charge in [-0.15, -0.1) is 6.42 Å². The van der Waals surface area contributed by atoms with E-state index in [1.165, 1.54) is 5.69 Å². The normalized spacial score (nSPS) is 16.5. The smallest absolute Gasteiger partial charge is 0.0650 e. The molecule has 0 unspecified atom stereocenters. The molecule has 0 atom stereocenters. The largest absolute Gasteiger partial charge is 0.382 e. The van der Waals surface area contributed by atoms with Gasteiger partial charge in [-0.3, -0.25) is 10.00 Å². The molecule has 1 fully saturated rings. The van der Waals surface area contributed by atoms with Crippen molar-refractivity contribution in [3.05, 3.63) is 36.5 Å². The molecule has 2 aromatic rings. The van der Waals surface area contributed by atoms with Crippen molar-refractivity contribution in [2.45, 2.75) is 18.9 Å². The lowest BCUT2D eigenvalue weighted by molar-refractivity contribution is 0.243. The third-order valence-corrected chi connectivity index (χ3v) is 3.97. The maximum Gasteiger partial charge on any atom is 0.0650 e. The van der Waals surface area contributed by atoms with Crippen molar-refractivity contribution in [3.63, 3.8) is 0 Å². The van der Waals surface area contributed by atoms with Gasteiger partial charge >= 0.3 is 0 Å². The summed E-state index contributed by atoms with van der Waals surface area (Å²) < 4.78 is 0. The Morgan fingerprint density at radius 1 is 1.24 bits per heavy atom. The fourth-order valence-electron chi connectivity index (χ4n) is 2.76. The molecule has 0 bridgehead atoms. The van der Waals surface area contributed by atoms with Crippen molar-refractivity contribution in [2.24, 2.45) is 0 Å². The molecule has 0 spiro atoms. The Kier molecular flexibility index (Phi) is 4.23. The number of hydrogen-bond acceptors (Lipinski definition) is 3. The molecule has 1 aromatic heterocycles. The van der Waals surface area contributed by atoms with Gasteiger partial charge in [-0.2, -0.15) is 5.10 Å². The summed E-state index contributed by atoms with van der Waals surface area (Å²) in [5, 5.41) is 10.6. The quantitative estimate of drug-likeness (QED) is 0.846. The monoisotopic (exact) mass is 280 g/mol. The molecule has 1 aliphatic heterocycles. The van der Waals surface area contributed by atoms with Gasteiger partial charge in [0.05, 0.1) is 12.2 Å². The lowest BCUT2D eigenvalue weighted by atomic mass is 10.0.